The van der Waals surface area contributed by atoms with E-state index in [1.165, 1.54) is 0 Å². The second-order valence-electron chi connectivity index (χ2n) is 0. The molecule has 0 amide bonds. The Bertz CT molecular complexity index is 11.6. The average Bonchev–Trinajstić information content (AvgIpc) is 0.918. The van der Waals surface area contributed by atoms with Crippen LogP contribution in [-0.4, -0.2) is 8.84 Å². The molecule has 4 heavy (non-hydrogen) atoms. The van der Waals surface area contributed by atoms with Crippen LogP contribution in [0.1, 0.15) is 0 Å². The van der Waals surface area contributed by atoms with Gasteiger partial charge in [0, 0.05) is 56.4 Å². The molecule has 0 aliphatic rings. The predicted octanol–water partition coefficient (Wildman–Crippen LogP) is -0.0600. The van der Waals surface area contributed by atoms with Crippen LogP contribution < -0.4 is 0 Å². The Balaban J connectivity index is -0.0000000200. The van der Waals surface area contributed by atoms with Crippen molar-refractivity contribution < 1.29 is 55.1 Å². The van der Waals surface area contributed by atoms with E-state index in [9.17, 15) is 0 Å². The summed E-state index contributed by atoms with van der Waals surface area (Å²) in [5.41, 5.74) is 0. The van der Waals surface area contributed by atoms with Gasteiger partial charge in [-0.2, -0.15) is 9.06 Å². The first-order valence-electron chi connectivity index (χ1n) is 0.789. The van der Waals surface area contributed by atoms with Crippen molar-refractivity contribution >= 4 is 16.6 Å². The van der Waals surface area contributed by atoms with Gasteiger partial charge in [-0.3, -0.25) is 0 Å². The van der Waals surface area contributed by atoms with E-state index in [0.29, 0.717) is 0 Å². The largest absolute Gasteiger partial charge is 0.187 e. The van der Waals surface area contributed by atoms with Crippen molar-refractivity contribution in [3.05, 3.63) is 0 Å². The number of rotatable bonds is 0. The second-order valence-corrected chi connectivity index (χ2v) is 0. The average molecular weight is 331 g/mol. The monoisotopic (exact) mass is 331 g/mol. The van der Waals surface area contributed by atoms with Crippen LogP contribution in [0.3, 0.4) is 0 Å². The minimum atomic E-state index is -0.167. The molecule has 0 nitrogen and oxygen atoms in total. The minimum Gasteiger partial charge on any atom is -0.187 e. The first-order valence-corrected chi connectivity index (χ1v) is 0.866. The summed E-state index contributed by atoms with van der Waals surface area (Å²) in [5.74, 6) is 0. The van der Waals surface area contributed by atoms with Gasteiger partial charge in [-0.1, -0.05) is 0 Å². The topological polar surface area (TPSA) is 0 Å². The van der Waals surface area contributed by atoms with Gasteiger partial charge in [-0.15, -0.1) is 0 Å². The molecule has 0 aliphatic carbocycles. The molecule has 4 heteroatoms. The molecule has 0 fully saturated rings. The summed E-state index contributed by atoms with van der Waals surface area (Å²) in [4.78, 5) is 0. The van der Waals surface area contributed by atoms with Crippen molar-refractivity contribution in [3.63, 3.8) is 0 Å². The SMILES string of the molecule is [2H]P[B].[Au].[Y]. The van der Waals surface area contributed by atoms with Crippen molar-refractivity contribution in [3.8, 4) is 0 Å². The van der Waals surface area contributed by atoms with E-state index in [4.69, 9.17) is 1.28 Å². The van der Waals surface area contributed by atoms with Gasteiger partial charge in [-0.05, 0) is 0 Å². The smallest absolute Gasteiger partial charge is 0.0996 e. The molecule has 0 saturated carbocycles. The van der Waals surface area contributed by atoms with Gasteiger partial charge >= 0.3 is 0 Å². The van der Waals surface area contributed by atoms with Crippen LogP contribution in [0.25, 0.3) is 0 Å². The van der Waals surface area contributed by atoms with E-state index >= 15 is 0 Å². The fourth-order valence-electron chi connectivity index (χ4n) is 0. The zero-order valence-corrected chi connectivity index (χ0v) is 7.96. The fourth-order valence-corrected chi connectivity index (χ4v) is 0. The maximum Gasteiger partial charge on any atom is 0.0996 e. The van der Waals surface area contributed by atoms with Gasteiger partial charge in [-0.25, -0.2) is 0 Å². The molecule has 0 N–H and O–H groups in total. The zero-order chi connectivity index (χ0) is 2.71. The molecule has 0 spiro atoms. The molecule has 0 saturated heterocycles. The maximum atomic E-state index is 6.01. The van der Waals surface area contributed by atoms with Gasteiger partial charge < -0.3 is 0 Å². The van der Waals surface area contributed by atoms with Crippen LogP contribution in [0.15, 0.2) is 0 Å². The van der Waals surface area contributed by atoms with E-state index < -0.39 is 0 Å². The van der Waals surface area contributed by atoms with Crippen LogP contribution in [0.2, 0.25) is 0 Å². The Morgan fingerprint density at radius 1 is 2.00 bits per heavy atom. The molecule has 0 heterocycles. The molecule has 24 valence electrons. The van der Waals surface area contributed by atoms with Gasteiger partial charge in [0.05, 0.1) is 7.57 Å². The molecule has 4 radical (unpaired) electrons. The summed E-state index contributed by atoms with van der Waals surface area (Å²) in [6.07, 6.45) is 0. The van der Waals surface area contributed by atoms with Crippen molar-refractivity contribution in [2.45, 2.75) is 0 Å². The third kappa shape index (κ3) is 8.84. The molecule has 0 aromatic rings. The second kappa shape index (κ2) is 18.4. The Hall–Kier alpha value is 2.34. The summed E-state index contributed by atoms with van der Waals surface area (Å²) < 4.78 is 6.01. The van der Waals surface area contributed by atoms with Crippen molar-refractivity contribution in [1.29, 1.82) is 1.28 Å². The summed E-state index contributed by atoms with van der Waals surface area (Å²) in [7, 11) is 4.38. The van der Waals surface area contributed by atoms with E-state index in [1.54, 1.807) is 0 Å². The summed E-state index contributed by atoms with van der Waals surface area (Å²) in [6, 6.07) is 0. The Labute approximate surface area is 72.1 Å². The molecule has 0 aromatic carbocycles. The Morgan fingerprint density at radius 2 is 2.00 bits per heavy atom. The number of hydrogen-bond acceptors (Lipinski definition) is 0. The van der Waals surface area contributed by atoms with Crippen LogP contribution in [0.4, 0.5) is 0 Å². The molecule has 0 rings (SSSR count). The molecular formula is H2AuBPY. The Morgan fingerprint density at radius 3 is 2.00 bits per heavy atom. The molecule has 0 aromatic heterocycles. The van der Waals surface area contributed by atoms with Crippen LogP contribution in [0.5, 0.6) is 0 Å². The van der Waals surface area contributed by atoms with E-state index in [2.05, 4.69) is 7.57 Å². The van der Waals surface area contributed by atoms with Crippen LogP contribution in [0, 0.1) is 0 Å². The number of hydrogen-bond donors (Lipinski definition) is 0. The summed E-state index contributed by atoms with van der Waals surface area (Å²) >= 11 is 0. The van der Waals surface area contributed by atoms with E-state index in [1.807, 2.05) is 0 Å². The van der Waals surface area contributed by atoms with Gasteiger partial charge in [0.2, 0.25) is 0 Å². The standard InChI is InChI=1S/Au.BH2P.Y/c;1-2;/h;2H2;/i;2D;. The van der Waals surface area contributed by atoms with Gasteiger partial charge in [0.25, 0.3) is 0 Å². The molecule has 1 atom stereocenters. The molecule has 1 unspecified atom stereocenters. The van der Waals surface area contributed by atoms with Gasteiger partial charge in [0.15, 0.2) is 0 Å². The van der Waals surface area contributed by atoms with E-state index in [-0.39, 0.29) is 64.2 Å². The van der Waals surface area contributed by atoms with Crippen LogP contribution in [-0.2, 0) is 55.1 Å². The Kier molecular flexibility index (Phi) is 44.1. The van der Waals surface area contributed by atoms with Crippen molar-refractivity contribution in [1.82, 2.24) is 0 Å². The summed E-state index contributed by atoms with van der Waals surface area (Å²) in [5, 5.41) is 0. The fraction of sp³-hybridized carbons (Fsp3) is 0. The minimum absolute atomic E-state index is 0. The van der Waals surface area contributed by atoms with Crippen molar-refractivity contribution in [2.75, 3.05) is 0 Å². The predicted molar refractivity (Wildman–Crippen MR) is 15.5 cm³/mol. The first-order chi connectivity index (χ1) is 1.41. The first kappa shape index (κ1) is 9.60. The van der Waals surface area contributed by atoms with Crippen LogP contribution >= 0.6 is 9.06 Å². The third-order valence-corrected chi connectivity index (χ3v) is 0. The normalized spacial score (nSPS) is 7.50. The zero-order valence-electron chi connectivity index (χ0n) is 2.96. The van der Waals surface area contributed by atoms with Gasteiger partial charge in [0.1, 0.15) is 0 Å². The maximum absolute atomic E-state index is 6.01. The molecule has 0 aliphatic heterocycles. The summed E-state index contributed by atoms with van der Waals surface area (Å²) in [6.45, 7) is 0. The van der Waals surface area contributed by atoms with E-state index in [0.717, 1.165) is 0 Å². The quantitative estimate of drug-likeness (QED) is 0.431. The van der Waals surface area contributed by atoms with Crippen molar-refractivity contribution in [2.24, 2.45) is 0 Å². The third-order valence-electron chi connectivity index (χ3n) is 0. The molecule has 0 bridgehead atoms. The molecular weight excluding hydrogens is 328 g/mol.